The molecule has 6 heteroatoms. The van der Waals surface area contributed by atoms with Crippen molar-refractivity contribution < 1.29 is 0 Å². The zero-order chi connectivity index (χ0) is 10.5. The van der Waals surface area contributed by atoms with Crippen molar-refractivity contribution in [1.82, 2.24) is 5.32 Å². The summed E-state index contributed by atoms with van der Waals surface area (Å²) in [5.41, 5.74) is 27.5. The van der Waals surface area contributed by atoms with Gasteiger partial charge in [0.05, 0.1) is 12.3 Å². The van der Waals surface area contributed by atoms with Gasteiger partial charge in [0.25, 0.3) is 0 Å². The molecule has 6 nitrogen and oxygen atoms in total. The molecule has 80 valence electrons. The van der Waals surface area contributed by atoms with Crippen molar-refractivity contribution in [3.8, 4) is 0 Å². The summed E-state index contributed by atoms with van der Waals surface area (Å²) in [7, 11) is 0. The van der Waals surface area contributed by atoms with E-state index in [4.69, 9.17) is 28.7 Å². The molecular formula is C7H22N6. The van der Waals surface area contributed by atoms with Crippen LogP contribution in [0.15, 0.2) is 0 Å². The van der Waals surface area contributed by atoms with Crippen molar-refractivity contribution in [2.45, 2.75) is 44.3 Å². The van der Waals surface area contributed by atoms with E-state index in [1.165, 1.54) is 0 Å². The second-order valence-corrected chi connectivity index (χ2v) is 3.48. The number of nitrogens with one attached hydrogen (secondary N) is 1. The fraction of sp³-hybridized carbons (Fsp3) is 1.00. The van der Waals surface area contributed by atoms with E-state index in [0.717, 1.165) is 12.8 Å². The summed E-state index contributed by atoms with van der Waals surface area (Å²) < 4.78 is 0. The van der Waals surface area contributed by atoms with Gasteiger partial charge >= 0.3 is 0 Å². The Labute approximate surface area is 79.2 Å². The topological polar surface area (TPSA) is 142 Å². The first-order valence-electron chi connectivity index (χ1n) is 4.49. The summed E-state index contributed by atoms with van der Waals surface area (Å²) in [6.07, 6.45) is 1.66. The van der Waals surface area contributed by atoms with Gasteiger partial charge in [-0.05, 0) is 6.42 Å². The van der Waals surface area contributed by atoms with Crippen LogP contribution >= 0.6 is 0 Å². The average Bonchev–Trinajstić information content (AvgIpc) is 1.81. The molecule has 0 saturated heterocycles. The molecule has 0 aliphatic heterocycles. The molecule has 13 heavy (non-hydrogen) atoms. The van der Waals surface area contributed by atoms with E-state index >= 15 is 0 Å². The number of hydrogen-bond acceptors (Lipinski definition) is 6. The Hall–Kier alpha value is -0.240. The van der Waals surface area contributed by atoms with Gasteiger partial charge in [-0.3, -0.25) is 5.32 Å². The van der Waals surface area contributed by atoms with Gasteiger partial charge < -0.3 is 28.7 Å². The Balaban J connectivity index is 3.67. The molecule has 0 radical (unpaired) electrons. The van der Waals surface area contributed by atoms with Crippen molar-refractivity contribution in [3.05, 3.63) is 0 Å². The Kier molecular flexibility index (Phi) is 5.38. The van der Waals surface area contributed by atoms with Crippen molar-refractivity contribution in [2.24, 2.45) is 28.7 Å². The number of rotatable bonds is 6. The molecule has 0 fully saturated rings. The lowest BCUT2D eigenvalue weighted by atomic mass is 10.2. The molecule has 0 aliphatic carbocycles. The van der Waals surface area contributed by atoms with Crippen LogP contribution < -0.4 is 34.0 Å². The SMILES string of the molecule is CCCC(N)NC(N)CC(N)(N)N. The third-order valence-corrected chi connectivity index (χ3v) is 1.60. The molecule has 0 saturated carbocycles. The summed E-state index contributed by atoms with van der Waals surface area (Å²) in [6, 6.07) is 0. The normalized spacial score (nSPS) is 17.1. The molecule has 0 aliphatic rings. The highest BCUT2D eigenvalue weighted by molar-refractivity contribution is 4.75. The van der Waals surface area contributed by atoms with Gasteiger partial charge in [-0.1, -0.05) is 13.3 Å². The molecule has 0 spiro atoms. The third-order valence-electron chi connectivity index (χ3n) is 1.60. The van der Waals surface area contributed by atoms with Gasteiger partial charge in [0.2, 0.25) is 0 Å². The molecule has 0 aromatic rings. The van der Waals surface area contributed by atoms with Crippen LogP contribution in [0.2, 0.25) is 0 Å². The highest BCUT2D eigenvalue weighted by Crippen LogP contribution is 1.95. The summed E-state index contributed by atoms with van der Waals surface area (Å²) in [5.74, 6) is -1.24. The molecule has 0 amide bonds. The van der Waals surface area contributed by atoms with E-state index in [1.54, 1.807) is 0 Å². The minimum absolute atomic E-state index is 0.123. The summed E-state index contributed by atoms with van der Waals surface area (Å²) in [5, 5.41) is 2.95. The van der Waals surface area contributed by atoms with E-state index in [0.29, 0.717) is 0 Å². The van der Waals surface area contributed by atoms with Gasteiger partial charge in [-0.15, -0.1) is 0 Å². The van der Waals surface area contributed by atoms with Gasteiger partial charge in [0.15, 0.2) is 0 Å². The minimum Gasteiger partial charge on any atom is -0.316 e. The van der Waals surface area contributed by atoms with Gasteiger partial charge in [0.1, 0.15) is 5.79 Å². The monoisotopic (exact) mass is 190 g/mol. The van der Waals surface area contributed by atoms with Crippen LogP contribution in [0.3, 0.4) is 0 Å². The van der Waals surface area contributed by atoms with Crippen LogP contribution in [0, 0.1) is 0 Å². The highest BCUT2D eigenvalue weighted by Gasteiger charge is 2.17. The van der Waals surface area contributed by atoms with Crippen molar-refractivity contribution in [3.63, 3.8) is 0 Å². The Morgan fingerprint density at radius 1 is 1.15 bits per heavy atom. The maximum Gasteiger partial charge on any atom is 0.118 e. The van der Waals surface area contributed by atoms with Crippen molar-refractivity contribution in [2.75, 3.05) is 0 Å². The van der Waals surface area contributed by atoms with E-state index in [-0.39, 0.29) is 18.8 Å². The Morgan fingerprint density at radius 3 is 2.08 bits per heavy atom. The zero-order valence-corrected chi connectivity index (χ0v) is 8.16. The van der Waals surface area contributed by atoms with Crippen LogP contribution in [0.4, 0.5) is 0 Å². The van der Waals surface area contributed by atoms with Crippen molar-refractivity contribution >= 4 is 0 Å². The third kappa shape index (κ3) is 8.10. The van der Waals surface area contributed by atoms with Crippen LogP contribution in [-0.2, 0) is 0 Å². The molecule has 0 aromatic heterocycles. The highest BCUT2D eigenvalue weighted by atomic mass is 15.2. The minimum atomic E-state index is -1.24. The maximum absolute atomic E-state index is 5.69. The van der Waals surface area contributed by atoms with Crippen molar-refractivity contribution in [1.29, 1.82) is 0 Å². The van der Waals surface area contributed by atoms with Gasteiger partial charge in [-0.2, -0.15) is 0 Å². The lowest BCUT2D eigenvalue weighted by Gasteiger charge is -2.26. The van der Waals surface area contributed by atoms with E-state index in [2.05, 4.69) is 5.32 Å². The predicted octanol–water partition coefficient (Wildman–Crippen LogP) is -2.13. The predicted molar refractivity (Wildman–Crippen MR) is 53.9 cm³/mol. The standard InChI is InChI=1S/C7H22N6/c1-2-3-5(8)13-6(9)4-7(10,11)12/h5-6,13H,2-4,8-12H2,1H3. The summed E-state index contributed by atoms with van der Waals surface area (Å²) in [4.78, 5) is 0. The molecule has 2 unspecified atom stereocenters. The molecule has 0 rings (SSSR count). The fourth-order valence-electron chi connectivity index (χ4n) is 1.11. The molecular weight excluding hydrogens is 168 g/mol. The first-order chi connectivity index (χ1) is 5.85. The van der Waals surface area contributed by atoms with Crippen LogP contribution in [0.5, 0.6) is 0 Å². The molecule has 0 heterocycles. The van der Waals surface area contributed by atoms with Gasteiger partial charge in [0, 0.05) is 6.42 Å². The van der Waals surface area contributed by atoms with E-state index in [1.807, 2.05) is 6.92 Å². The first kappa shape index (κ1) is 12.8. The van der Waals surface area contributed by atoms with E-state index in [9.17, 15) is 0 Å². The Bertz CT molecular complexity index is 131. The number of nitrogens with two attached hydrogens (primary N) is 5. The zero-order valence-electron chi connectivity index (χ0n) is 8.16. The quantitative estimate of drug-likeness (QED) is 0.264. The van der Waals surface area contributed by atoms with Crippen LogP contribution in [0.25, 0.3) is 0 Å². The lowest BCUT2D eigenvalue weighted by Crippen LogP contribution is -2.63. The smallest absolute Gasteiger partial charge is 0.118 e. The number of hydrogen-bond donors (Lipinski definition) is 6. The molecule has 0 bridgehead atoms. The second kappa shape index (κ2) is 5.48. The summed E-state index contributed by atoms with van der Waals surface area (Å²) >= 11 is 0. The second-order valence-electron chi connectivity index (χ2n) is 3.48. The van der Waals surface area contributed by atoms with Crippen LogP contribution in [0.1, 0.15) is 26.2 Å². The first-order valence-corrected chi connectivity index (χ1v) is 4.49. The van der Waals surface area contributed by atoms with Gasteiger partial charge in [-0.25, -0.2) is 0 Å². The summed E-state index contributed by atoms with van der Waals surface area (Å²) in [6.45, 7) is 2.05. The maximum atomic E-state index is 5.69. The van der Waals surface area contributed by atoms with Crippen LogP contribution in [-0.4, -0.2) is 18.1 Å². The largest absolute Gasteiger partial charge is 0.316 e. The molecule has 11 N–H and O–H groups in total. The average molecular weight is 190 g/mol. The molecule has 2 atom stereocenters. The Morgan fingerprint density at radius 2 is 1.69 bits per heavy atom. The lowest BCUT2D eigenvalue weighted by molar-refractivity contribution is 0.320. The van der Waals surface area contributed by atoms with E-state index < -0.39 is 5.79 Å². The fourth-order valence-corrected chi connectivity index (χ4v) is 1.11. The molecule has 0 aromatic carbocycles.